The Balaban J connectivity index is 2.98. The standard InChI is InChI=1S/C11H16N2O6S/c1-4-11(2,10(15)16)13-9(14)7-5-6-8(19-7)20(17,18)12-3/h5-6,12H,4H2,1-3H3,(H,13,14)(H,15,16). The van der Waals surface area contributed by atoms with Gasteiger partial charge in [-0.1, -0.05) is 6.92 Å². The van der Waals surface area contributed by atoms with E-state index in [1.165, 1.54) is 14.0 Å². The average molecular weight is 304 g/mol. The number of sulfonamides is 1. The number of amides is 1. The summed E-state index contributed by atoms with van der Waals surface area (Å²) >= 11 is 0. The van der Waals surface area contributed by atoms with Crippen LogP contribution in [0.1, 0.15) is 30.8 Å². The molecule has 1 aromatic heterocycles. The number of nitrogens with one attached hydrogen (secondary N) is 2. The Hall–Kier alpha value is -1.87. The maximum atomic E-state index is 11.9. The summed E-state index contributed by atoms with van der Waals surface area (Å²) in [7, 11) is -2.58. The molecule has 3 N–H and O–H groups in total. The Morgan fingerprint density at radius 2 is 2.00 bits per heavy atom. The van der Waals surface area contributed by atoms with Gasteiger partial charge in [-0.05, 0) is 32.5 Å². The third kappa shape index (κ3) is 3.17. The maximum Gasteiger partial charge on any atom is 0.329 e. The molecule has 0 saturated carbocycles. The smallest absolute Gasteiger partial charge is 0.329 e. The van der Waals surface area contributed by atoms with Crippen molar-refractivity contribution < 1.29 is 27.5 Å². The van der Waals surface area contributed by atoms with Crippen LogP contribution in [-0.2, 0) is 14.8 Å². The molecule has 0 aromatic carbocycles. The number of furan rings is 1. The fourth-order valence-electron chi connectivity index (χ4n) is 1.29. The van der Waals surface area contributed by atoms with E-state index in [0.29, 0.717) is 0 Å². The van der Waals surface area contributed by atoms with Crippen molar-refractivity contribution >= 4 is 21.9 Å². The predicted molar refractivity (Wildman–Crippen MR) is 68.8 cm³/mol. The zero-order chi connectivity index (χ0) is 15.6. The van der Waals surface area contributed by atoms with E-state index < -0.39 is 32.5 Å². The van der Waals surface area contributed by atoms with E-state index in [1.54, 1.807) is 6.92 Å². The molecular formula is C11H16N2O6S. The van der Waals surface area contributed by atoms with Crippen molar-refractivity contribution in [2.75, 3.05) is 7.05 Å². The molecule has 112 valence electrons. The Kier molecular flexibility index (Phi) is 4.56. The van der Waals surface area contributed by atoms with Crippen LogP contribution in [-0.4, -0.2) is 38.0 Å². The van der Waals surface area contributed by atoms with Crippen LogP contribution in [0, 0.1) is 0 Å². The molecule has 0 bridgehead atoms. The second-order valence-electron chi connectivity index (χ2n) is 4.27. The van der Waals surface area contributed by atoms with Crippen LogP contribution >= 0.6 is 0 Å². The molecule has 0 saturated heterocycles. The molecule has 9 heteroatoms. The zero-order valence-corrected chi connectivity index (χ0v) is 12.1. The maximum absolute atomic E-state index is 11.9. The summed E-state index contributed by atoms with van der Waals surface area (Å²) in [4.78, 5) is 22.9. The molecule has 1 amide bonds. The highest BCUT2D eigenvalue weighted by Crippen LogP contribution is 2.16. The second-order valence-corrected chi connectivity index (χ2v) is 6.09. The van der Waals surface area contributed by atoms with E-state index in [1.807, 2.05) is 4.72 Å². The Labute approximate surface area is 116 Å². The first kappa shape index (κ1) is 16.2. The molecule has 20 heavy (non-hydrogen) atoms. The summed E-state index contributed by atoms with van der Waals surface area (Å²) in [5, 5.41) is 10.9. The number of carboxylic acid groups (broad SMARTS) is 1. The van der Waals surface area contributed by atoms with Crippen molar-refractivity contribution in [1.82, 2.24) is 10.0 Å². The zero-order valence-electron chi connectivity index (χ0n) is 11.3. The Bertz CT molecular complexity index is 621. The first-order chi connectivity index (χ1) is 9.16. The normalized spacial score (nSPS) is 14.6. The third-order valence-electron chi connectivity index (χ3n) is 2.91. The van der Waals surface area contributed by atoms with Crippen molar-refractivity contribution in [2.24, 2.45) is 0 Å². The van der Waals surface area contributed by atoms with Gasteiger partial charge in [0.1, 0.15) is 5.54 Å². The highest BCUT2D eigenvalue weighted by molar-refractivity contribution is 7.89. The summed E-state index contributed by atoms with van der Waals surface area (Å²) in [6, 6.07) is 2.28. The van der Waals surface area contributed by atoms with Crippen LogP contribution in [0.25, 0.3) is 0 Å². The highest BCUT2D eigenvalue weighted by atomic mass is 32.2. The lowest BCUT2D eigenvalue weighted by atomic mass is 9.99. The number of carboxylic acids is 1. The molecule has 1 atom stereocenters. The third-order valence-corrected chi connectivity index (χ3v) is 4.19. The molecule has 0 aliphatic heterocycles. The SMILES string of the molecule is CCC(C)(NC(=O)c1ccc(S(=O)(=O)NC)o1)C(=O)O. The number of aliphatic carboxylic acids is 1. The quantitative estimate of drug-likeness (QED) is 0.688. The van der Waals surface area contributed by atoms with E-state index in [9.17, 15) is 18.0 Å². The van der Waals surface area contributed by atoms with E-state index >= 15 is 0 Å². The van der Waals surface area contributed by atoms with Gasteiger partial charge in [0.05, 0.1) is 0 Å². The number of carbonyl (C=O) groups excluding carboxylic acids is 1. The summed E-state index contributed by atoms with van der Waals surface area (Å²) in [5.41, 5.74) is -1.45. The van der Waals surface area contributed by atoms with Crippen LogP contribution in [0.3, 0.4) is 0 Å². The van der Waals surface area contributed by atoms with E-state index in [-0.39, 0.29) is 12.2 Å². The van der Waals surface area contributed by atoms with Gasteiger partial charge in [-0.25, -0.2) is 17.9 Å². The summed E-state index contributed by atoms with van der Waals surface area (Å²) in [6.45, 7) is 2.95. The van der Waals surface area contributed by atoms with E-state index in [0.717, 1.165) is 12.1 Å². The molecule has 8 nitrogen and oxygen atoms in total. The van der Waals surface area contributed by atoms with Crippen molar-refractivity contribution in [3.63, 3.8) is 0 Å². The van der Waals surface area contributed by atoms with Crippen LogP contribution in [0.15, 0.2) is 21.6 Å². The van der Waals surface area contributed by atoms with Gasteiger partial charge in [0.2, 0.25) is 5.09 Å². The van der Waals surface area contributed by atoms with Crippen LogP contribution in [0.5, 0.6) is 0 Å². The first-order valence-corrected chi connectivity index (χ1v) is 7.24. The lowest BCUT2D eigenvalue weighted by Crippen LogP contribution is -2.51. The minimum Gasteiger partial charge on any atom is -0.480 e. The minimum atomic E-state index is -3.79. The highest BCUT2D eigenvalue weighted by Gasteiger charge is 2.34. The summed E-state index contributed by atoms with van der Waals surface area (Å²) in [6.07, 6.45) is 0.163. The number of rotatable bonds is 6. The Morgan fingerprint density at radius 1 is 1.40 bits per heavy atom. The van der Waals surface area contributed by atoms with Gasteiger partial charge >= 0.3 is 5.97 Å². The molecule has 1 aromatic rings. The molecule has 0 aliphatic carbocycles. The molecule has 0 aliphatic rings. The predicted octanol–water partition coefficient (Wildman–Crippen LogP) is 0.171. The Morgan fingerprint density at radius 3 is 2.45 bits per heavy atom. The van der Waals surface area contributed by atoms with Crippen LogP contribution < -0.4 is 10.0 Å². The molecule has 0 fully saturated rings. The van der Waals surface area contributed by atoms with E-state index in [4.69, 9.17) is 9.52 Å². The van der Waals surface area contributed by atoms with Gasteiger partial charge in [-0.2, -0.15) is 0 Å². The van der Waals surface area contributed by atoms with Crippen molar-refractivity contribution in [1.29, 1.82) is 0 Å². The topological polar surface area (TPSA) is 126 Å². The van der Waals surface area contributed by atoms with Crippen LogP contribution in [0.4, 0.5) is 0 Å². The molecule has 0 radical (unpaired) electrons. The molecule has 1 rings (SSSR count). The van der Waals surface area contributed by atoms with Gasteiger partial charge in [-0.15, -0.1) is 0 Å². The lowest BCUT2D eigenvalue weighted by molar-refractivity contribution is -0.143. The molecule has 0 spiro atoms. The fourth-order valence-corrected chi connectivity index (χ4v) is 1.94. The van der Waals surface area contributed by atoms with Gasteiger partial charge in [0, 0.05) is 0 Å². The molecular weight excluding hydrogens is 288 g/mol. The van der Waals surface area contributed by atoms with Crippen molar-refractivity contribution in [3.05, 3.63) is 17.9 Å². The number of hydrogen-bond acceptors (Lipinski definition) is 5. The fraction of sp³-hybridized carbons (Fsp3) is 0.455. The largest absolute Gasteiger partial charge is 0.480 e. The average Bonchev–Trinajstić information content (AvgIpc) is 2.88. The van der Waals surface area contributed by atoms with Gasteiger partial charge in [0.25, 0.3) is 15.9 Å². The van der Waals surface area contributed by atoms with Gasteiger partial charge in [0.15, 0.2) is 5.76 Å². The van der Waals surface area contributed by atoms with Crippen molar-refractivity contribution in [2.45, 2.75) is 30.9 Å². The van der Waals surface area contributed by atoms with Crippen molar-refractivity contribution in [3.8, 4) is 0 Å². The monoisotopic (exact) mass is 304 g/mol. The minimum absolute atomic E-state index is 0.163. The molecule has 1 heterocycles. The van der Waals surface area contributed by atoms with Gasteiger partial charge < -0.3 is 14.8 Å². The summed E-state index contributed by atoms with van der Waals surface area (Å²) < 4.78 is 29.9. The summed E-state index contributed by atoms with van der Waals surface area (Å²) in [5.74, 6) is -2.27. The first-order valence-electron chi connectivity index (χ1n) is 5.75. The lowest BCUT2D eigenvalue weighted by Gasteiger charge is -2.23. The van der Waals surface area contributed by atoms with E-state index in [2.05, 4.69) is 5.32 Å². The van der Waals surface area contributed by atoms with Crippen LogP contribution in [0.2, 0.25) is 0 Å². The number of carbonyl (C=O) groups is 2. The molecule has 1 unspecified atom stereocenters. The second kappa shape index (κ2) is 5.63. The van der Waals surface area contributed by atoms with Gasteiger partial charge in [-0.3, -0.25) is 4.79 Å². The number of hydrogen-bond donors (Lipinski definition) is 3.